The molecule has 222 valence electrons. The molecular weight excluding hydrogens is 574 g/mol. The molecule has 47 heavy (non-hydrogen) atoms. The molecule has 0 saturated carbocycles. The molecule has 0 fully saturated rings. The summed E-state index contributed by atoms with van der Waals surface area (Å²) in [4.78, 5) is 10.5. The van der Waals surface area contributed by atoms with Gasteiger partial charge in [-0.15, -0.1) is 0 Å². The van der Waals surface area contributed by atoms with Gasteiger partial charge in [0.15, 0.2) is 5.84 Å². The zero-order valence-corrected chi connectivity index (χ0v) is 25.5. The summed E-state index contributed by atoms with van der Waals surface area (Å²) in [5.74, 6) is 1.45. The number of amidine groups is 2. The number of furan rings is 1. The Morgan fingerprint density at radius 1 is 0.468 bits per heavy atom. The second-order valence-electron chi connectivity index (χ2n) is 11.8. The fourth-order valence-electron chi connectivity index (χ4n) is 6.60. The topological polar surface area (TPSA) is 49.9 Å². The monoisotopic (exact) mass is 603 g/mol. The Kier molecular flexibility index (Phi) is 6.50. The second kappa shape index (κ2) is 11.3. The van der Waals surface area contributed by atoms with Crippen LogP contribution in [0.25, 0.3) is 55.0 Å². The van der Waals surface area contributed by atoms with Gasteiger partial charge < -0.3 is 9.73 Å². The van der Waals surface area contributed by atoms with Gasteiger partial charge in [0.05, 0.1) is 0 Å². The Hall–Kier alpha value is -6.26. The lowest BCUT2D eigenvalue weighted by molar-refractivity contribution is 0.668. The molecule has 0 bridgehead atoms. The number of nitrogens with one attached hydrogen (secondary N) is 1. The van der Waals surface area contributed by atoms with E-state index in [4.69, 9.17) is 14.4 Å². The standard InChI is InChI=1S/C43H29N3O/c1-3-10-28(11-4-1)30-18-22-33(23-19-30)41-44-42(34-24-20-31(21-25-34)29-12-5-2-6-13-29)46-43(45-41)36-16-9-17-37-40(36)39-35-15-8-7-14-32(35)26-27-38(39)47-37/h1-27,41H,(H,44,45,46). The van der Waals surface area contributed by atoms with Gasteiger partial charge >= 0.3 is 0 Å². The summed E-state index contributed by atoms with van der Waals surface area (Å²) in [6.45, 7) is 0. The van der Waals surface area contributed by atoms with Crippen molar-refractivity contribution in [2.75, 3.05) is 0 Å². The van der Waals surface area contributed by atoms with E-state index >= 15 is 0 Å². The lowest BCUT2D eigenvalue weighted by Gasteiger charge is -2.24. The summed E-state index contributed by atoms with van der Waals surface area (Å²) < 4.78 is 6.41. The highest BCUT2D eigenvalue weighted by Gasteiger charge is 2.24. The minimum Gasteiger partial charge on any atom is -0.456 e. The van der Waals surface area contributed by atoms with Gasteiger partial charge in [-0.2, -0.15) is 0 Å². The van der Waals surface area contributed by atoms with Crippen molar-refractivity contribution in [3.05, 3.63) is 180 Å². The molecule has 4 heteroatoms. The van der Waals surface area contributed by atoms with Crippen LogP contribution >= 0.6 is 0 Å². The quantitative estimate of drug-likeness (QED) is 0.213. The molecule has 0 radical (unpaired) electrons. The summed E-state index contributed by atoms with van der Waals surface area (Å²) in [7, 11) is 0. The zero-order valence-electron chi connectivity index (χ0n) is 25.5. The molecule has 1 unspecified atom stereocenters. The summed E-state index contributed by atoms with van der Waals surface area (Å²) in [5.41, 5.74) is 9.38. The fourth-order valence-corrected chi connectivity index (χ4v) is 6.60. The van der Waals surface area contributed by atoms with E-state index in [-0.39, 0.29) is 6.17 Å². The number of rotatable bonds is 5. The minimum absolute atomic E-state index is 0.332. The first-order valence-electron chi connectivity index (χ1n) is 15.9. The van der Waals surface area contributed by atoms with Crippen LogP contribution in [-0.4, -0.2) is 11.7 Å². The highest BCUT2D eigenvalue weighted by molar-refractivity contribution is 6.26. The normalized spacial score (nSPS) is 14.6. The Labute approximate surface area is 272 Å². The van der Waals surface area contributed by atoms with Crippen LogP contribution in [0.1, 0.15) is 22.9 Å². The summed E-state index contributed by atoms with van der Waals surface area (Å²) in [6, 6.07) is 56.9. The molecular formula is C43H29N3O. The SMILES string of the molecule is c1ccc(-c2ccc(C3=NC(c4cccc5oc6ccc7ccccc7c6c45)=NC(c4ccc(-c5ccccc5)cc4)N3)cc2)cc1. The highest BCUT2D eigenvalue weighted by atomic mass is 16.3. The lowest BCUT2D eigenvalue weighted by atomic mass is 9.99. The molecule has 9 rings (SSSR count). The third-order valence-corrected chi connectivity index (χ3v) is 8.97. The van der Waals surface area contributed by atoms with E-state index in [9.17, 15) is 0 Å². The largest absolute Gasteiger partial charge is 0.456 e. The first-order chi connectivity index (χ1) is 23.3. The second-order valence-corrected chi connectivity index (χ2v) is 11.8. The van der Waals surface area contributed by atoms with E-state index in [0.29, 0.717) is 5.84 Å². The summed E-state index contributed by atoms with van der Waals surface area (Å²) >= 11 is 0. The van der Waals surface area contributed by atoms with E-state index in [1.165, 1.54) is 22.1 Å². The maximum absolute atomic E-state index is 6.41. The van der Waals surface area contributed by atoms with Crippen molar-refractivity contribution in [3.8, 4) is 22.3 Å². The van der Waals surface area contributed by atoms with Crippen molar-refractivity contribution >= 4 is 44.4 Å². The molecule has 8 aromatic rings. The number of fused-ring (bicyclic) bond motifs is 5. The van der Waals surface area contributed by atoms with Crippen LogP contribution in [0, 0.1) is 0 Å². The molecule has 1 aliphatic rings. The van der Waals surface area contributed by atoms with Gasteiger partial charge in [0, 0.05) is 21.9 Å². The molecule has 2 heterocycles. The van der Waals surface area contributed by atoms with Crippen molar-refractivity contribution in [1.29, 1.82) is 0 Å². The first-order valence-corrected chi connectivity index (χ1v) is 15.9. The Morgan fingerprint density at radius 3 is 1.79 bits per heavy atom. The van der Waals surface area contributed by atoms with E-state index in [2.05, 4.69) is 145 Å². The van der Waals surface area contributed by atoms with E-state index in [1.807, 2.05) is 24.3 Å². The van der Waals surface area contributed by atoms with Gasteiger partial charge in [-0.1, -0.05) is 152 Å². The Bertz CT molecular complexity index is 2460. The Balaban J connectivity index is 1.20. The van der Waals surface area contributed by atoms with Crippen LogP contribution in [0.4, 0.5) is 0 Å². The molecule has 0 amide bonds. The van der Waals surface area contributed by atoms with Gasteiger partial charge in [-0.3, -0.25) is 0 Å². The number of benzene rings is 7. The van der Waals surface area contributed by atoms with Gasteiger partial charge in [-0.05, 0) is 50.7 Å². The van der Waals surface area contributed by atoms with E-state index < -0.39 is 0 Å². The molecule has 1 aromatic heterocycles. The molecule has 0 saturated heterocycles. The number of hydrogen-bond acceptors (Lipinski definition) is 4. The van der Waals surface area contributed by atoms with E-state index in [1.54, 1.807) is 0 Å². The van der Waals surface area contributed by atoms with Crippen molar-refractivity contribution < 1.29 is 4.42 Å². The predicted molar refractivity (Wildman–Crippen MR) is 194 cm³/mol. The molecule has 4 nitrogen and oxygen atoms in total. The van der Waals surface area contributed by atoms with Crippen LogP contribution in [0.15, 0.2) is 178 Å². The molecule has 1 atom stereocenters. The fraction of sp³-hybridized carbons (Fsp3) is 0.0233. The third-order valence-electron chi connectivity index (χ3n) is 8.97. The van der Waals surface area contributed by atoms with Gasteiger partial charge in [0.1, 0.15) is 23.2 Å². The van der Waals surface area contributed by atoms with Crippen LogP contribution in [0.5, 0.6) is 0 Å². The van der Waals surface area contributed by atoms with Crippen molar-refractivity contribution in [3.63, 3.8) is 0 Å². The number of aliphatic imine (C=N–C) groups is 2. The number of nitrogens with zero attached hydrogens (tertiary/aromatic N) is 2. The Morgan fingerprint density at radius 2 is 1.06 bits per heavy atom. The third kappa shape index (κ3) is 4.88. The van der Waals surface area contributed by atoms with Crippen molar-refractivity contribution in [2.24, 2.45) is 9.98 Å². The summed E-state index contributed by atoms with van der Waals surface area (Å²) in [6.07, 6.45) is -0.332. The van der Waals surface area contributed by atoms with Crippen molar-refractivity contribution in [2.45, 2.75) is 6.17 Å². The lowest BCUT2D eigenvalue weighted by Crippen LogP contribution is -2.33. The van der Waals surface area contributed by atoms with Crippen LogP contribution in [0.3, 0.4) is 0 Å². The smallest absolute Gasteiger partial charge is 0.160 e. The van der Waals surface area contributed by atoms with Crippen LogP contribution in [-0.2, 0) is 0 Å². The van der Waals surface area contributed by atoms with E-state index in [0.717, 1.165) is 55.4 Å². The molecule has 7 aromatic carbocycles. The predicted octanol–water partition coefficient (Wildman–Crippen LogP) is 10.6. The zero-order chi connectivity index (χ0) is 31.2. The van der Waals surface area contributed by atoms with Crippen LogP contribution < -0.4 is 5.32 Å². The average Bonchev–Trinajstić information content (AvgIpc) is 3.55. The maximum atomic E-state index is 6.41. The van der Waals surface area contributed by atoms with Gasteiger partial charge in [0.2, 0.25) is 0 Å². The van der Waals surface area contributed by atoms with Crippen molar-refractivity contribution in [1.82, 2.24) is 5.32 Å². The maximum Gasteiger partial charge on any atom is 0.160 e. The molecule has 1 N–H and O–H groups in total. The molecule has 0 aliphatic carbocycles. The summed E-state index contributed by atoms with van der Waals surface area (Å²) in [5, 5.41) is 8.09. The van der Waals surface area contributed by atoms with Gasteiger partial charge in [0.25, 0.3) is 0 Å². The molecule has 1 aliphatic heterocycles. The van der Waals surface area contributed by atoms with Gasteiger partial charge in [-0.25, -0.2) is 9.98 Å². The van der Waals surface area contributed by atoms with Crippen LogP contribution in [0.2, 0.25) is 0 Å². The highest BCUT2D eigenvalue weighted by Crippen LogP contribution is 2.38. The molecule has 0 spiro atoms. The first kappa shape index (κ1) is 27.1. The minimum atomic E-state index is -0.332. The average molecular weight is 604 g/mol. The number of hydrogen-bond donors (Lipinski definition) is 1.